The van der Waals surface area contributed by atoms with E-state index in [9.17, 15) is 4.79 Å². The van der Waals surface area contributed by atoms with Gasteiger partial charge in [-0.2, -0.15) is 0 Å². The number of nitrogens with one attached hydrogen (secondary N) is 1. The normalized spacial score (nSPS) is 14.8. The van der Waals surface area contributed by atoms with Crippen LogP contribution < -0.4 is 11.1 Å². The van der Waals surface area contributed by atoms with Gasteiger partial charge in [0.25, 0.3) is 0 Å². The van der Waals surface area contributed by atoms with Gasteiger partial charge in [-0.3, -0.25) is 4.79 Å². The maximum atomic E-state index is 12.2. The van der Waals surface area contributed by atoms with Crippen LogP contribution in [-0.2, 0) is 16.6 Å². The highest BCUT2D eigenvalue weighted by Crippen LogP contribution is 2.48. The van der Waals surface area contributed by atoms with Crippen LogP contribution in [0.15, 0.2) is 53.2 Å². The van der Waals surface area contributed by atoms with Gasteiger partial charge in [0.2, 0.25) is 5.91 Å². The lowest BCUT2D eigenvalue weighted by Crippen LogP contribution is -2.14. The predicted molar refractivity (Wildman–Crippen MR) is 99.5 cm³/mol. The third kappa shape index (κ3) is 3.44. The maximum absolute atomic E-state index is 12.2. The summed E-state index contributed by atoms with van der Waals surface area (Å²) in [4.78, 5) is 16.3. The van der Waals surface area contributed by atoms with Crippen molar-refractivity contribution in [3.8, 4) is 11.1 Å². The molecule has 0 unspecified atom stereocenters. The quantitative estimate of drug-likeness (QED) is 0.735. The van der Waals surface area contributed by atoms with Crippen LogP contribution in [0.25, 0.3) is 11.1 Å². The van der Waals surface area contributed by atoms with E-state index in [1.165, 1.54) is 0 Å². The molecule has 1 aliphatic carbocycles. The Hall–Kier alpha value is -3.15. The number of carbonyl (C=O) groups excluding carboxylic acids is 1. The van der Waals surface area contributed by atoms with Crippen molar-refractivity contribution in [2.75, 3.05) is 11.1 Å². The largest absolute Gasteiger partial charge is 0.384 e. The SMILES string of the molecule is CC1(c2cc(NC(=O)Cc3ccc(-c4ccc(N)nc4)cc3)no2)CC1. The molecule has 6 heteroatoms. The summed E-state index contributed by atoms with van der Waals surface area (Å²) < 4.78 is 5.34. The summed E-state index contributed by atoms with van der Waals surface area (Å²) >= 11 is 0. The zero-order valence-electron chi connectivity index (χ0n) is 14.5. The molecular formula is C20H20N4O2. The Morgan fingerprint density at radius 2 is 1.92 bits per heavy atom. The number of hydrogen-bond donors (Lipinski definition) is 2. The Bertz CT molecular complexity index is 925. The summed E-state index contributed by atoms with van der Waals surface area (Å²) in [6, 6.07) is 13.3. The summed E-state index contributed by atoms with van der Waals surface area (Å²) in [7, 11) is 0. The smallest absolute Gasteiger partial charge is 0.230 e. The van der Waals surface area contributed by atoms with Crippen molar-refractivity contribution >= 4 is 17.5 Å². The van der Waals surface area contributed by atoms with Gasteiger partial charge in [-0.05, 0) is 36.1 Å². The molecule has 4 rings (SSSR count). The summed E-state index contributed by atoms with van der Waals surface area (Å²) in [6.07, 6.45) is 4.22. The van der Waals surface area contributed by atoms with Crippen LogP contribution in [0.2, 0.25) is 0 Å². The number of rotatable bonds is 5. The fraction of sp³-hybridized carbons (Fsp3) is 0.250. The van der Waals surface area contributed by atoms with Crippen molar-refractivity contribution in [1.82, 2.24) is 10.1 Å². The molecule has 0 bridgehead atoms. The van der Waals surface area contributed by atoms with E-state index in [2.05, 4.69) is 22.4 Å². The number of anilines is 2. The zero-order valence-corrected chi connectivity index (χ0v) is 14.5. The first-order chi connectivity index (χ1) is 12.5. The van der Waals surface area contributed by atoms with Gasteiger partial charge in [0, 0.05) is 23.2 Å². The van der Waals surface area contributed by atoms with Crippen LogP contribution in [0.3, 0.4) is 0 Å². The van der Waals surface area contributed by atoms with Gasteiger partial charge in [0.1, 0.15) is 11.6 Å². The number of hydrogen-bond acceptors (Lipinski definition) is 5. The van der Waals surface area contributed by atoms with E-state index in [0.717, 1.165) is 35.3 Å². The Balaban J connectivity index is 1.38. The standard InChI is InChI=1S/C20H20N4O2/c1-20(8-9-20)16-11-18(24-26-16)23-19(25)10-13-2-4-14(5-3-13)15-6-7-17(21)22-12-15/h2-7,11-12H,8-10H2,1H3,(H2,21,22)(H,23,24,25). The second-order valence-corrected chi connectivity index (χ2v) is 7.03. The summed E-state index contributed by atoms with van der Waals surface area (Å²) in [5, 5.41) is 6.74. The number of benzene rings is 1. The molecule has 1 amide bonds. The predicted octanol–water partition coefficient (Wildman–Crippen LogP) is 3.55. The number of pyridine rings is 1. The van der Waals surface area contributed by atoms with Crippen LogP contribution in [0.4, 0.5) is 11.6 Å². The molecule has 0 spiro atoms. The number of nitrogens with two attached hydrogens (primary N) is 1. The van der Waals surface area contributed by atoms with Crippen molar-refractivity contribution in [3.63, 3.8) is 0 Å². The summed E-state index contributed by atoms with van der Waals surface area (Å²) in [5.41, 5.74) is 8.65. The molecule has 3 N–H and O–H groups in total. The van der Waals surface area contributed by atoms with Gasteiger partial charge in [-0.15, -0.1) is 0 Å². The summed E-state index contributed by atoms with van der Waals surface area (Å²) in [6.45, 7) is 2.14. The fourth-order valence-electron chi connectivity index (χ4n) is 2.82. The number of amides is 1. The molecule has 2 aromatic heterocycles. The van der Waals surface area contributed by atoms with Crippen molar-refractivity contribution in [3.05, 3.63) is 60.0 Å². The van der Waals surface area contributed by atoms with E-state index >= 15 is 0 Å². The average Bonchev–Trinajstić information content (AvgIpc) is 3.20. The second kappa shape index (κ2) is 6.29. The maximum Gasteiger partial charge on any atom is 0.230 e. The molecule has 26 heavy (non-hydrogen) atoms. The third-order valence-electron chi connectivity index (χ3n) is 4.81. The Morgan fingerprint density at radius 1 is 1.19 bits per heavy atom. The Morgan fingerprint density at radius 3 is 2.58 bits per heavy atom. The topological polar surface area (TPSA) is 94.0 Å². The highest BCUT2D eigenvalue weighted by atomic mass is 16.5. The van der Waals surface area contributed by atoms with E-state index in [4.69, 9.17) is 10.3 Å². The van der Waals surface area contributed by atoms with Gasteiger partial charge in [0.05, 0.1) is 6.42 Å². The minimum atomic E-state index is -0.118. The molecule has 132 valence electrons. The van der Waals surface area contributed by atoms with Gasteiger partial charge in [-0.25, -0.2) is 4.98 Å². The minimum absolute atomic E-state index is 0.1000. The monoisotopic (exact) mass is 348 g/mol. The molecule has 1 saturated carbocycles. The molecule has 1 aromatic carbocycles. The second-order valence-electron chi connectivity index (χ2n) is 7.03. The number of nitrogen functional groups attached to an aromatic ring is 1. The first-order valence-corrected chi connectivity index (χ1v) is 8.60. The van der Waals surface area contributed by atoms with Gasteiger partial charge in [-0.1, -0.05) is 36.3 Å². The molecule has 2 heterocycles. The lowest BCUT2D eigenvalue weighted by molar-refractivity contribution is -0.115. The first-order valence-electron chi connectivity index (χ1n) is 8.60. The van der Waals surface area contributed by atoms with Crippen LogP contribution in [0, 0.1) is 0 Å². The average molecular weight is 348 g/mol. The van der Waals surface area contributed by atoms with Crippen LogP contribution in [0.5, 0.6) is 0 Å². The molecular weight excluding hydrogens is 328 g/mol. The molecule has 0 atom stereocenters. The number of nitrogens with zero attached hydrogens (tertiary/aromatic N) is 2. The van der Waals surface area contributed by atoms with Crippen molar-refractivity contribution in [2.45, 2.75) is 31.6 Å². The van der Waals surface area contributed by atoms with Crippen LogP contribution in [-0.4, -0.2) is 16.0 Å². The zero-order chi connectivity index (χ0) is 18.1. The highest BCUT2D eigenvalue weighted by molar-refractivity contribution is 5.91. The lowest BCUT2D eigenvalue weighted by Gasteiger charge is -2.05. The van der Waals surface area contributed by atoms with Crippen molar-refractivity contribution < 1.29 is 9.32 Å². The van der Waals surface area contributed by atoms with E-state index in [1.54, 1.807) is 12.3 Å². The molecule has 3 aromatic rings. The van der Waals surface area contributed by atoms with E-state index < -0.39 is 0 Å². The Kier molecular flexibility index (Phi) is 3.95. The lowest BCUT2D eigenvalue weighted by atomic mass is 10.0. The Labute approximate surface area is 151 Å². The third-order valence-corrected chi connectivity index (χ3v) is 4.81. The van der Waals surface area contributed by atoms with Gasteiger partial charge in [0.15, 0.2) is 5.82 Å². The molecule has 0 saturated heterocycles. The molecule has 0 radical (unpaired) electrons. The number of carbonyl (C=O) groups is 1. The molecule has 0 aliphatic heterocycles. The minimum Gasteiger partial charge on any atom is -0.384 e. The van der Waals surface area contributed by atoms with Crippen molar-refractivity contribution in [1.29, 1.82) is 0 Å². The van der Waals surface area contributed by atoms with E-state index in [1.807, 2.05) is 36.4 Å². The molecule has 1 fully saturated rings. The summed E-state index contributed by atoms with van der Waals surface area (Å²) in [5.74, 6) is 1.69. The van der Waals surface area contributed by atoms with Crippen molar-refractivity contribution in [2.24, 2.45) is 0 Å². The van der Waals surface area contributed by atoms with Crippen LogP contribution in [0.1, 0.15) is 31.1 Å². The van der Waals surface area contributed by atoms with Gasteiger partial charge >= 0.3 is 0 Å². The highest BCUT2D eigenvalue weighted by Gasteiger charge is 2.42. The van der Waals surface area contributed by atoms with E-state index in [-0.39, 0.29) is 17.7 Å². The van der Waals surface area contributed by atoms with Crippen LogP contribution >= 0.6 is 0 Å². The fourth-order valence-corrected chi connectivity index (χ4v) is 2.82. The first kappa shape index (κ1) is 16.3. The number of aromatic nitrogens is 2. The molecule has 6 nitrogen and oxygen atoms in total. The molecule has 1 aliphatic rings. The van der Waals surface area contributed by atoms with E-state index in [0.29, 0.717) is 11.6 Å². The van der Waals surface area contributed by atoms with Gasteiger partial charge < -0.3 is 15.6 Å².